The lowest BCUT2D eigenvalue weighted by Gasteiger charge is -2.23. The second-order valence-electron chi connectivity index (χ2n) is 6.88. The summed E-state index contributed by atoms with van der Waals surface area (Å²) in [5, 5.41) is 14.4. The Morgan fingerprint density at radius 2 is 2.00 bits per heavy atom. The largest absolute Gasteiger partial charge is 0.393 e. The second-order valence-corrected chi connectivity index (χ2v) is 6.88. The fraction of sp³-hybridized carbons (Fsp3) is 0.474. The van der Waals surface area contributed by atoms with Crippen molar-refractivity contribution in [2.24, 2.45) is 5.92 Å². The minimum absolute atomic E-state index is 0.0949. The van der Waals surface area contributed by atoms with Crippen LogP contribution in [0.2, 0.25) is 0 Å². The van der Waals surface area contributed by atoms with E-state index in [-0.39, 0.29) is 23.7 Å². The molecule has 1 aliphatic rings. The highest BCUT2D eigenvalue weighted by Gasteiger charge is 2.29. The Bertz CT molecular complexity index is 770. The quantitative estimate of drug-likeness (QED) is 0.927. The van der Waals surface area contributed by atoms with Gasteiger partial charge in [-0.05, 0) is 51.0 Å². The van der Waals surface area contributed by atoms with Crippen LogP contribution < -0.4 is 0 Å². The molecule has 0 aliphatic heterocycles. The zero-order valence-electron chi connectivity index (χ0n) is 14.9. The number of halogens is 1. The molecule has 25 heavy (non-hydrogen) atoms. The van der Waals surface area contributed by atoms with Crippen molar-refractivity contribution in [3.05, 3.63) is 47.0 Å². The molecular weight excluding hydrogens is 321 g/mol. The van der Waals surface area contributed by atoms with Gasteiger partial charge in [0.1, 0.15) is 5.82 Å². The molecule has 0 saturated heterocycles. The van der Waals surface area contributed by atoms with E-state index in [0.29, 0.717) is 17.8 Å². The molecule has 1 aromatic heterocycles. The van der Waals surface area contributed by atoms with Crippen molar-refractivity contribution in [2.75, 3.05) is 13.6 Å². The summed E-state index contributed by atoms with van der Waals surface area (Å²) in [7, 11) is 1.77. The number of carbonyl (C=O) groups is 1. The molecule has 134 valence electrons. The highest BCUT2D eigenvalue weighted by Crippen LogP contribution is 2.27. The topological polar surface area (TPSA) is 58.4 Å². The maximum atomic E-state index is 13.1. The average molecular weight is 345 g/mol. The molecule has 1 N–H and O–H groups in total. The minimum atomic E-state index is -0.320. The fourth-order valence-electron chi connectivity index (χ4n) is 3.64. The summed E-state index contributed by atoms with van der Waals surface area (Å²) < 4.78 is 14.8. The van der Waals surface area contributed by atoms with Crippen LogP contribution in [0.1, 0.15) is 41.0 Å². The molecule has 1 saturated carbocycles. The lowest BCUT2D eigenvalue weighted by molar-refractivity contribution is 0.0692. The number of hydrogen-bond donors (Lipinski definition) is 1. The van der Waals surface area contributed by atoms with Crippen LogP contribution in [-0.2, 0) is 0 Å². The van der Waals surface area contributed by atoms with Gasteiger partial charge in [-0.1, -0.05) is 6.42 Å². The van der Waals surface area contributed by atoms with Gasteiger partial charge in [-0.15, -0.1) is 0 Å². The van der Waals surface area contributed by atoms with E-state index >= 15 is 0 Å². The van der Waals surface area contributed by atoms with Crippen molar-refractivity contribution in [1.82, 2.24) is 14.7 Å². The first-order valence-electron chi connectivity index (χ1n) is 8.64. The molecule has 6 heteroatoms. The van der Waals surface area contributed by atoms with Gasteiger partial charge in [0.25, 0.3) is 5.91 Å². The molecule has 0 bridgehead atoms. The predicted molar refractivity (Wildman–Crippen MR) is 93.3 cm³/mol. The number of aryl methyl sites for hydroxylation is 1. The van der Waals surface area contributed by atoms with Crippen molar-refractivity contribution in [3.8, 4) is 5.69 Å². The molecule has 1 fully saturated rings. The number of rotatable bonds is 4. The molecule has 0 spiro atoms. The van der Waals surface area contributed by atoms with Crippen molar-refractivity contribution >= 4 is 5.91 Å². The van der Waals surface area contributed by atoms with Crippen molar-refractivity contribution in [2.45, 2.75) is 39.2 Å². The van der Waals surface area contributed by atoms with Crippen LogP contribution in [0.15, 0.2) is 24.3 Å². The van der Waals surface area contributed by atoms with Gasteiger partial charge in [0.15, 0.2) is 0 Å². The van der Waals surface area contributed by atoms with Gasteiger partial charge in [0.05, 0.1) is 28.7 Å². The van der Waals surface area contributed by atoms with E-state index in [4.69, 9.17) is 0 Å². The van der Waals surface area contributed by atoms with E-state index in [0.717, 1.165) is 30.6 Å². The Morgan fingerprint density at radius 3 is 2.60 bits per heavy atom. The molecule has 5 nitrogen and oxygen atoms in total. The number of nitrogens with zero attached hydrogens (tertiary/aromatic N) is 3. The van der Waals surface area contributed by atoms with Gasteiger partial charge >= 0.3 is 0 Å². The monoisotopic (exact) mass is 345 g/mol. The van der Waals surface area contributed by atoms with Gasteiger partial charge in [-0.2, -0.15) is 5.10 Å². The molecule has 2 aromatic rings. The summed E-state index contributed by atoms with van der Waals surface area (Å²) >= 11 is 0. The first-order valence-corrected chi connectivity index (χ1v) is 8.64. The fourth-order valence-corrected chi connectivity index (χ4v) is 3.64. The third kappa shape index (κ3) is 3.44. The van der Waals surface area contributed by atoms with E-state index in [1.54, 1.807) is 35.7 Å². The third-order valence-electron chi connectivity index (χ3n) is 5.05. The van der Waals surface area contributed by atoms with Crippen LogP contribution in [0.4, 0.5) is 4.39 Å². The number of benzene rings is 1. The molecule has 1 aliphatic carbocycles. The Kier molecular flexibility index (Phi) is 4.90. The Morgan fingerprint density at radius 1 is 1.32 bits per heavy atom. The van der Waals surface area contributed by atoms with Crippen LogP contribution in [-0.4, -0.2) is 45.4 Å². The summed E-state index contributed by atoms with van der Waals surface area (Å²) in [6.07, 6.45) is 2.45. The first-order chi connectivity index (χ1) is 11.9. The number of carbonyl (C=O) groups excluding carboxylic acids is 1. The highest BCUT2D eigenvalue weighted by molar-refractivity contribution is 5.96. The SMILES string of the molecule is Cc1nn(-c2ccc(F)cc2)c(C)c1C(=O)N(C)CC1CCCC1O. The number of aliphatic hydroxyl groups is 1. The van der Waals surface area contributed by atoms with E-state index in [9.17, 15) is 14.3 Å². The summed E-state index contributed by atoms with van der Waals surface area (Å²) in [4.78, 5) is 14.6. The van der Waals surface area contributed by atoms with Crippen LogP contribution in [0.25, 0.3) is 5.69 Å². The molecule has 1 heterocycles. The normalized spacial score (nSPS) is 20.0. The molecule has 1 amide bonds. The van der Waals surface area contributed by atoms with Crippen molar-refractivity contribution in [1.29, 1.82) is 0 Å². The number of aromatic nitrogens is 2. The molecule has 2 atom stereocenters. The van der Waals surface area contributed by atoms with Gasteiger partial charge in [0.2, 0.25) is 0 Å². The van der Waals surface area contributed by atoms with Crippen LogP contribution >= 0.6 is 0 Å². The van der Waals surface area contributed by atoms with Crippen molar-refractivity contribution in [3.63, 3.8) is 0 Å². The predicted octanol–water partition coefficient (Wildman–Crippen LogP) is 2.86. The molecular formula is C19H24FN3O2. The Balaban J connectivity index is 1.84. The van der Waals surface area contributed by atoms with E-state index < -0.39 is 0 Å². The molecule has 0 radical (unpaired) electrons. The lowest BCUT2D eigenvalue weighted by atomic mass is 10.0. The van der Waals surface area contributed by atoms with Gasteiger partial charge in [-0.3, -0.25) is 4.79 Å². The van der Waals surface area contributed by atoms with E-state index in [2.05, 4.69) is 5.10 Å². The average Bonchev–Trinajstić information content (AvgIpc) is 3.11. The zero-order valence-corrected chi connectivity index (χ0v) is 14.9. The highest BCUT2D eigenvalue weighted by atomic mass is 19.1. The summed E-state index contributed by atoms with van der Waals surface area (Å²) in [5.74, 6) is -0.263. The Hall–Kier alpha value is -2.21. The zero-order chi connectivity index (χ0) is 18.1. The summed E-state index contributed by atoms with van der Waals surface area (Å²) in [5.41, 5.74) is 2.66. The molecule has 2 unspecified atom stereocenters. The summed E-state index contributed by atoms with van der Waals surface area (Å²) in [6.45, 7) is 4.19. The van der Waals surface area contributed by atoms with Crippen molar-refractivity contribution < 1.29 is 14.3 Å². The van der Waals surface area contributed by atoms with Crippen LogP contribution in [0, 0.1) is 25.6 Å². The molecule has 3 rings (SSSR count). The van der Waals surface area contributed by atoms with E-state index in [1.165, 1.54) is 12.1 Å². The number of amides is 1. The third-order valence-corrected chi connectivity index (χ3v) is 5.05. The number of aliphatic hydroxyl groups excluding tert-OH is 1. The standard InChI is InChI=1S/C19H24FN3O2/c1-12-18(19(25)22(3)11-14-5-4-6-17(14)24)13(2)23(21-12)16-9-7-15(20)8-10-16/h7-10,14,17,24H,4-6,11H2,1-3H3. The van der Waals surface area contributed by atoms with Gasteiger partial charge < -0.3 is 10.0 Å². The second kappa shape index (κ2) is 6.96. The van der Waals surface area contributed by atoms with Crippen LogP contribution in [0.5, 0.6) is 0 Å². The Labute approximate surface area is 147 Å². The maximum absolute atomic E-state index is 13.1. The van der Waals surface area contributed by atoms with Crippen LogP contribution in [0.3, 0.4) is 0 Å². The van der Waals surface area contributed by atoms with Gasteiger partial charge in [-0.25, -0.2) is 9.07 Å². The first kappa shape index (κ1) is 17.6. The lowest BCUT2D eigenvalue weighted by Crippen LogP contribution is -2.35. The minimum Gasteiger partial charge on any atom is -0.393 e. The molecule has 1 aromatic carbocycles. The summed E-state index contributed by atoms with van der Waals surface area (Å²) in [6, 6.07) is 6.03. The smallest absolute Gasteiger partial charge is 0.257 e. The van der Waals surface area contributed by atoms with E-state index in [1.807, 2.05) is 6.92 Å². The maximum Gasteiger partial charge on any atom is 0.257 e. The van der Waals surface area contributed by atoms with Gasteiger partial charge in [0, 0.05) is 19.5 Å². The number of hydrogen-bond acceptors (Lipinski definition) is 3.